The summed E-state index contributed by atoms with van der Waals surface area (Å²) in [7, 11) is 1.64. The molecule has 1 unspecified atom stereocenters. The smallest absolute Gasteiger partial charge is 0.221 e. The molecule has 1 saturated heterocycles. The molecule has 0 saturated carbocycles. The summed E-state index contributed by atoms with van der Waals surface area (Å²) in [6, 6.07) is 0. The van der Waals surface area contributed by atoms with Gasteiger partial charge in [0.05, 0.1) is 0 Å². The summed E-state index contributed by atoms with van der Waals surface area (Å²) in [6.07, 6.45) is 2.09. The van der Waals surface area contributed by atoms with Crippen molar-refractivity contribution < 1.29 is 9.53 Å². The van der Waals surface area contributed by atoms with Crippen molar-refractivity contribution >= 4 is 5.91 Å². The Labute approximate surface area is 61.0 Å². The Morgan fingerprint density at radius 1 is 1.70 bits per heavy atom. The third-order valence-corrected chi connectivity index (χ3v) is 1.87. The summed E-state index contributed by atoms with van der Waals surface area (Å²) in [5.41, 5.74) is 0. The van der Waals surface area contributed by atoms with Gasteiger partial charge in [0.1, 0.15) is 6.23 Å². The zero-order valence-corrected chi connectivity index (χ0v) is 6.46. The van der Waals surface area contributed by atoms with Crippen molar-refractivity contribution in [3.63, 3.8) is 0 Å². The monoisotopic (exact) mass is 143 g/mol. The van der Waals surface area contributed by atoms with E-state index in [4.69, 9.17) is 4.74 Å². The van der Waals surface area contributed by atoms with E-state index in [0.29, 0.717) is 0 Å². The van der Waals surface area contributed by atoms with E-state index >= 15 is 0 Å². The lowest BCUT2D eigenvalue weighted by Gasteiger charge is -2.21. The predicted molar refractivity (Wildman–Crippen MR) is 37.4 cm³/mol. The van der Waals surface area contributed by atoms with Crippen LogP contribution in [0.25, 0.3) is 0 Å². The van der Waals surface area contributed by atoms with Gasteiger partial charge in [-0.3, -0.25) is 4.79 Å². The van der Waals surface area contributed by atoms with E-state index in [-0.39, 0.29) is 12.1 Å². The van der Waals surface area contributed by atoms with Gasteiger partial charge in [-0.2, -0.15) is 0 Å². The van der Waals surface area contributed by atoms with Crippen molar-refractivity contribution in [3.8, 4) is 0 Å². The van der Waals surface area contributed by atoms with E-state index in [1.165, 1.54) is 0 Å². The van der Waals surface area contributed by atoms with Crippen LogP contribution >= 0.6 is 0 Å². The van der Waals surface area contributed by atoms with Crippen LogP contribution in [-0.4, -0.2) is 30.7 Å². The Morgan fingerprint density at radius 2 is 2.40 bits per heavy atom. The maximum absolute atomic E-state index is 10.9. The first kappa shape index (κ1) is 7.54. The number of ether oxygens (including phenoxy) is 1. The van der Waals surface area contributed by atoms with E-state index in [1.54, 1.807) is 18.9 Å². The molecule has 1 aliphatic rings. The normalized spacial score (nSPS) is 25.4. The van der Waals surface area contributed by atoms with Crippen LogP contribution in [-0.2, 0) is 9.53 Å². The van der Waals surface area contributed by atoms with Crippen LogP contribution in [0.3, 0.4) is 0 Å². The second kappa shape index (κ2) is 3.01. The molecule has 0 aromatic heterocycles. The average Bonchev–Trinajstić information content (AvgIpc) is 2.33. The lowest BCUT2D eigenvalue weighted by molar-refractivity contribution is -0.137. The third-order valence-electron chi connectivity index (χ3n) is 1.87. The molecular formula is C7H13NO2. The highest BCUT2D eigenvalue weighted by molar-refractivity contribution is 5.73. The van der Waals surface area contributed by atoms with Crippen molar-refractivity contribution in [2.45, 2.75) is 26.0 Å². The minimum atomic E-state index is 0.0394. The van der Waals surface area contributed by atoms with Crippen molar-refractivity contribution in [1.82, 2.24) is 4.90 Å². The van der Waals surface area contributed by atoms with Gasteiger partial charge in [-0.1, -0.05) is 0 Å². The number of carbonyl (C=O) groups is 1. The quantitative estimate of drug-likeness (QED) is 0.538. The Hall–Kier alpha value is -0.570. The summed E-state index contributed by atoms with van der Waals surface area (Å²) < 4.78 is 5.09. The van der Waals surface area contributed by atoms with Crippen LogP contribution < -0.4 is 0 Å². The summed E-state index contributed by atoms with van der Waals surface area (Å²) >= 11 is 0. The van der Waals surface area contributed by atoms with Crippen LogP contribution in [0.15, 0.2) is 0 Å². The molecule has 1 amide bonds. The second-order valence-corrected chi connectivity index (χ2v) is 2.54. The van der Waals surface area contributed by atoms with Gasteiger partial charge in [0, 0.05) is 20.6 Å². The molecule has 3 heteroatoms. The maximum Gasteiger partial charge on any atom is 0.221 e. The summed E-state index contributed by atoms with van der Waals surface area (Å²) in [5.74, 6) is 0.115. The molecule has 58 valence electrons. The Bertz CT molecular complexity index is 136. The fourth-order valence-corrected chi connectivity index (χ4v) is 1.34. The number of methoxy groups -OCH3 is 1. The van der Waals surface area contributed by atoms with E-state index in [9.17, 15) is 4.79 Å². The van der Waals surface area contributed by atoms with E-state index in [1.807, 2.05) is 0 Å². The topological polar surface area (TPSA) is 29.5 Å². The number of likely N-dealkylation sites (tertiary alicyclic amines) is 1. The second-order valence-electron chi connectivity index (χ2n) is 2.54. The highest BCUT2D eigenvalue weighted by Crippen LogP contribution is 2.16. The fourth-order valence-electron chi connectivity index (χ4n) is 1.34. The zero-order chi connectivity index (χ0) is 7.56. The molecule has 1 aliphatic heterocycles. The van der Waals surface area contributed by atoms with Crippen LogP contribution in [0, 0.1) is 0 Å². The van der Waals surface area contributed by atoms with Crippen molar-refractivity contribution in [3.05, 3.63) is 0 Å². The first-order chi connectivity index (χ1) is 4.75. The first-order valence-electron chi connectivity index (χ1n) is 3.55. The summed E-state index contributed by atoms with van der Waals surface area (Å²) in [6.45, 7) is 2.44. The highest BCUT2D eigenvalue weighted by Gasteiger charge is 2.25. The Kier molecular flexibility index (Phi) is 2.27. The lowest BCUT2D eigenvalue weighted by atomic mass is 10.4. The van der Waals surface area contributed by atoms with Gasteiger partial charge in [0.2, 0.25) is 5.91 Å². The van der Waals surface area contributed by atoms with Gasteiger partial charge in [-0.25, -0.2) is 0 Å². The molecule has 0 aromatic rings. The molecular weight excluding hydrogens is 130 g/mol. The molecule has 0 radical (unpaired) electrons. The number of hydrogen-bond acceptors (Lipinski definition) is 2. The number of hydrogen-bond donors (Lipinski definition) is 0. The zero-order valence-electron chi connectivity index (χ0n) is 6.46. The van der Waals surface area contributed by atoms with Gasteiger partial charge < -0.3 is 9.64 Å². The van der Waals surface area contributed by atoms with Gasteiger partial charge >= 0.3 is 0 Å². The van der Waals surface area contributed by atoms with E-state index in [0.717, 1.165) is 19.4 Å². The van der Waals surface area contributed by atoms with Crippen LogP contribution in [0.4, 0.5) is 0 Å². The molecule has 0 bridgehead atoms. The van der Waals surface area contributed by atoms with Crippen molar-refractivity contribution in [2.75, 3.05) is 13.7 Å². The predicted octanol–water partition coefficient (Wildman–Crippen LogP) is 0.601. The number of rotatable bonds is 1. The van der Waals surface area contributed by atoms with Gasteiger partial charge in [0.25, 0.3) is 0 Å². The third kappa shape index (κ3) is 1.29. The summed E-state index contributed by atoms with van der Waals surface area (Å²) in [4.78, 5) is 12.6. The minimum absolute atomic E-state index is 0.0394. The molecule has 10 heavy (non-hydrogen) atoms. The maximum atomic E-state index is 10.9. The number of amides is 1. The van der Waals surface area contributed by atoms with Crippen molar-refractivity contribution in [2.24, 2.45) is 0 Å². The van der Waals surface area contributed by atoms with Gasteiger partial charge in [-0.15, -0.1) is 0 Å². The molecule has 1 atom stereocenters. The average molecular weight is 143 g/mol. The largest absolute Gasteiger partial charge is 0.362 e. The van der Waals surface area contributed by atoms with Crippen LogP contribution in [0.2, 0.25) is 0 Å². The van der Waals surface area contributed by atoms with Crippen molar-refractivity contribution in [1.29, 1.82) is 0 Å². The molecule has 0 aliphatic carbocycles. The molecule has 1 fully saturated rings. The molecule has 1 rings (SSSR count). The fraction of sp³-hybridized carbons (Fsp3) is 0.857. The summed E-state index contributed by atoms with van der Waals surface area (Å²) in [5, 5.41) is 0. The number of carbonyl (C=O) groups excluding carboxylic acids is 1. The molecule has 3 nitrogen and oxygen atoms in total. The molecule has 1 heterocycles. The first-order valence-corrected chi connectivity index (χ1v) is 3.55. The van der Waals surface area contributed by atoms with Gasteiger partial charge in [0.15, 0.2) is 0 Å². The molecule has 0 spiro atoms. The SMILES string of the molecule is COC1CCCN1C(C)=O. The number of nitrogens with zero attached hydrogens (tertiary/aromatic N) is 1. The Balaban J connectivity index is 2.50. The minimum Gasteiger partial charge on any atom is -0.362 e. The van der Waals surface area contributed by atoms with Gasteiger partial charge in [-0.05, 0) is 12.8 Å². The van der Waals surface area contributed by atoms with E-state index in [2.05, 4.69) is 0 Å². The standard InChI is InChI=1S/C7H13NO2/c1-6(9)8-5-3-4-7(8)10-2/h7H,3-5H2,1-2H3. The Morgan fingerprint density at radius 3 is 2.80 bits per heavy atom. The molecule has 0 N–H and O–H groups in total. The highest BCUT2D eigenvalue weighted by atomic mass is 16.5. The van der Waals surface area contributed by atoms with E-state index < -0.39 is 0 Å². The lowest BCUT2D eigenvalue weighted by Crippen LogP contribution is -2.34. The van der Waals surface area contributed by atoms with Crippen LogP contribution in [0.5, 0.6) is 0 Å². The van der Waals surface area contributed by atoms with Crippen LogP contribution in [0.1, 0.15) is 19.8 Å². The molecule has 0 aromatic carbocycles.